The summed E-state index contributed by atoms with van der Waals surface area (Å²) in [4.78, 5) is 34.8. The third-order valence-corrected chi connectivity index (χ3v) is 7.55. The van der Waals surface area contributed by atoms with Gasteiger partial charge in [0, 0.05) is 29.3 Å². The van der Waals surface area contributed by atoms with Crippen molar-refractivity contribution in [3.8, 4) is 11.4 Å². The lowest BCUT2D eigenvalue weighted by atomic mass is 10.0. The molecule has 5 aromatic rings. The second-order valence-electron chi connectivity index (χ2n) is 8.73. The van der Waals surface area contributed by atoms with Gasteiger partial charge in [0.1, 0.15) is 0 Å². The number of nitrogens with zero attached hydrogens (tertiary/aromatic N) is 7. The van der Waals surface area contributed by atoms with Crippen molar-refractivity contribution in [3.05, 3.63) is 109 Å². The highest BCUT2D eigenvalue weighted by Gasteiger charge is 2.44. The van der Waals surface area contributed by atoms with Gasteiger partial charge in [0.2, 0.25) is 0 Å². The van der Waals surface area contributed by atoms with Gasteiger partial charge in [-0.2, -0.15) is 12.5 Å². The highest BCUT2D eigenvalue weighted by molar-refractivity contribution is 7.86. The maximum Gasteiger partial charge on any atom is 0.318 e. The van der Waals surface area contributed by atoms with E-state index < -0.39 is 21.9 Å². The Hall–Kier alpha value is -5.25. The Morgan fingerprint density at radius 1 is 0.738 bits per heavy atom. The molecule has 42 heavy (non-hydrogen) atoms. The van der Waals surface area contributed by atoms with Crippen molar-refractivity contribution in [1.82, 2.24) is 34.6 Å². The quantitative estimate of drug-likeness (QED) is 0.199. The number of anilines is 2. The predicted molar refractivity (Wildman–Crippen MR) is 153 cm³/mol. The molecule has 2 aromatic carbocycles. The van der Waals surface area contributed by atoms with Gasteiger partial charge in [0.05, 0.1) is 27.4 Å². The van der Waals surface area contributed by atoms with E-state index in [1.165, 1.54) is 52.9 Å². The maximum absolute atomic E-state index is 13.3. The molecule has 0 bridgehead atoms. The lowest BCUT2D eigenvalue weighted by Gasteiger charge is -2.14. The van der Waals surface area contributed by atoms with E-state index in [4.69, 9.17) is 4.28 Å². The van der Waals surface area contributed by atoms with Crippen LogP contribution in [0.1, 0.15) is 11.4 Å². The summed E-state index contributed by atoms with van der Waals surface area (Å²) in [6.07, 6.45) is 2.90. The first kappa shape index (κ1) is 26.9. The molecule has 0 saturated carbocycles. The van der Waals surface area contributed by atoms with Crippen molar-refractivity contribution in [1.29, 1.82) is 0 Å². The minimum atomic E-state index is -4.58. The largest absolute Gasteiger partial charge is 0.356 e. The van der Waals surface area contributed by atoms with Crippen LogP contribution in [-0.2, 0) is 24.0 Å². The van der Waals surface area contributed by atoms with Crippen LogP contribution in [0.15, 0.2) is 102 Å². The highest BCUT2D eigenvalue weighted by atomic mass is 32.2. The summed E-state index contributed by atoms with van der Waals surface area (Å²) in [7, 11) is -4.58. The molecule has 13 nitrogen and oxygen atoms in total. The van der Waals surface area contributed by atoms with Gasteiger partial charge >= 0.3 is 10.1 Å². The molecule has 4 heterocycles. The maximum atomic E-state index is 13.3. The second kappa shape index (κ2) is 11.0. The number of thiol groups is 1. The topological polar surface area (TPSA) is 162 Å². The van der Waals surface area contributed by atoms with Crippen molar-refractivity contribution >= 4 is 57.3 Å². The summed E-state index contributed by atoms with van der Waals surface area (Å²) in [6.45, 7) is 0. The molecule has 1 N–H and O–H groups in total. The first-order valence-electron chi connectivity index (χ1n) is 12.2. The van der Waals surface area contributed by atoms with Gasteiger partial charge in [0.15, 0.2) is 5.82 Å². The molecule has 1 aliphatic rings. The van der Waals surface area contributed by atoms with Crippen molar-refractivity contribution in [2.45, 2.75) is 4.90 Å². The lowest BCUT2D eigenvalue weighted by Crippen LogP contribution is -2.34. The Bertz CT molecular complexity index is 1870. The van der Waals surface area contributed by atoms with Crippen molar-refractivity contribution in [2.75, 3.05) is 5.32 Å². The zero-order chi connectivity index (χ0) is 29.3. The van der Waals surface area contributed by atoms with E-state index in [1.54, 1.807) is 48.5 Å². The first-order valence-corrected chi connectivity index (χ1v) is 14.0. The zero-order valence-corrected chi connectivity index (χ0v) is 23.0. The smallest absolute Gasteiger partial charge is 0.318 e. The number of amides is 2. The average Bonchev–Trinajstić information content (AvgIpc) is 3.54. The third-order valence-electron chi connectivity index (χ3n) is 6.09. The standard InChI is InChI=1S/C27H18N8O5S2/c36-26-23(21-5-1-3-15-28-21)24(22-6-2-4-16-29-22)27(37)34(26)40-42(38,39)20-13-11-19(12-14-20)30-18-9-7-17(8-10-18)25-31-32-33-35(25)41/h1-16,30,41H. The molecule has 15 heteroatoms. The van der Waals surface area contributed by atoms with E-state index in [9.17, 15) is 18.0 Å². The van der Waals surface area contributed by atoms with Crippen LogP contribution in [0.2, 0.25) is 0 Å². The van der Waals surface area contributed by atoms with Crippen molar-refractivity contribution in [3.63, 3.8) is 0 Å². The van der Waals surface area contributed by atoms with Gasteiger partial charge in [-0.15, -0.1) is 14.4 Å². The second-order valence-corrected chi connectivity index (χ2v) is 10.6. The predicted octanol–water partition coefficient (Wildman–Crippen LogP) is 3.17. The Labute approximate surface area is 244 Å². The Balaban J connectivity index is 1.21. The Morgan fingerprint density at radius 2 is 1.29 bits per heavy atom. The van der Waals surface area contributed by atoms with E-state index in [0.29, 0.717) is 17.2 Å². The van der Waals surface area contributed by atoms with E-state index in [1.807, 2.05) is 0 Å². The van der Waals surface area contributed by atoms with Gasteiger partial charge in [0.25, 0.3) is 11.8 Å². The molecule has 6 rings (SSSR count). The minimum Gasteiger partial charge on any atom is -0.356 e. The fourth-order valence-corrected chi connectivity index (χ4v) is 5.22. The van der Waals surface area contributed by atoms with Crippen LogP contribution in [0, 0.1) is 0 Å². The number of carbonyl (C=O) groups excluding carboxylic acids is 2. The number of hydrogen-bond donors (Lipinski definition) is 2. The van der Waals surface area contributed by atoms with E-state index in [2.05, 4.69) is 43.6 Å². The molecule has 1 aliphatic heterocycles. The summed E-state index contributed by atoms with van der Waals surface area (Å²) in [5.74, 6) is -1.47. The van der Waals surface area contributed by atoms with E-state index in [-0.39, 0.29) is 32.5 Å². The first-order chi connectivity index (χ1) is 20.3. The number of nitrogens with one attached hydrogen (secondary N) is 1. The molecular weight excluding hydrogens is 580 g/mol. The van der Waals surface area contributed by atoms with Crippen LogP contribution in [-0.4, -0.2) is 54.9 Å². The lowest BCUT2D eigenvalue weighted by molar-refractivity contribution is -0.160. The number of benzene rings is 2. The number of pyridine rings is 2. The SMILES string of the molecule is O=C1C(c2ccccn2)=C(c2ccccn2)C(=O)N1OS(=O)(=O)c1ccc(Nc2ccc(-c3nnnn3S)cc2)cc1. The minimum absolute atomic E-state index is 0.120. The molecule has 3 aromatic heterocycles. The molecule has 208 valence electrons. The van der Waals surface area contributed by atoms with Crippen LogP contribution >= 0.6 is 12.8 Å². The van der Waals surface area contributed by atoms with Gasteiger partial charge in [-0.3, -0.25) is 19.6 Å². The highest BCUT2D eigenvalue weighted by Crippen LogP contribution is 2.35. The number of hydrogen-bond acceptors (Lipinski definition) is 12. The number of aromatic nitrogens is 6. The number of hydroxylamine groups is 2. The van der Waals surface area contributed by atoms with E-state index in [0.717, 1.165) is 5.56 Å². The molecule has 0 atom stereocenters. The fraction of sp³-hybridized carbons (Fsp3) is 0. The molecule has 2 amide bonds. The number of rotatable bonds is 8. The third kappa shape index (κ3) is 5.14. The summed E-state index contributed by atoms with van der Waals surface area (Å²) in [6, 6.07) is 22.4. The van der Waals surface area contributed by atoms with Crippen LogP contribution in [0.3, 0.4) is 0 Å². The van der Waals surface area contributed by atoms with Crippen LogP contribution in [0.5, 0.6) is 0 Å². The van der Waals surface area contributed by atoms with Gasteiger partial charge < -0.3 is 5.32 Å². The van der Waals surface area contributed by atoms with Crippen molar-refractivity contribution < 1.29 is 22.3 Å². The summed E-state index contributed by atoms with van der Waals surface area (Å²) < 4.78 is 32.6. The number of carbonyl (C=O) groups is 2. The molecule has 0 aliphatic carbocycles. The monoisotopic (exact) mass is 598 g/mol. The van der Waals surface area contributed by atoms with Crippen LogP contribution < -0.4 is 5.32 Å². The summed E-state index contributed by atoms with van der Waals surface area (Å²) in [5.41, 5.74) is 2.15. The molecule has 0 unspecified atom stereocenters. The molecule has 0 saturated heterocycles. The average molecular weight is 599 g/mol. The zero-order valence-electron chi connectivity index (χ0n) is 21.3. The summed E-state index contributed by atoms with van der Waals surface area (Å²) >= 11 is 4.14. The normalized spacial score (nSPS) is 13.6. The molecule has 0 radical (unpaired) electrons. The van der Waals surface area contributed by atoms with Gasteiger partial charge in [-0.1, -0.05) is 12.1 Å². The van der Waals surface area contributed by atoms with Crippen LogP contribution in [0.4, 0.5) is 11.4 Å². The number of tetrazole rings is 1. The van der Waals surface area contributed by atoms with Crippen LogP contribution in [0.25, 0.3) is 22.5 Å². The Morgan fingerprint density at radius 3 is 1.76 bits per heavy atom. The molecular formula is C27H18N8O5S2. The Kier molecular flexibility index (Phi) is 7.03. The fourth-order valence-electron chi connectivity index (χ4n) is 4.14. The van der Waals surface area contributed by atoms with Gasteiger partial charge in [-0.05, 0) is 96.0 Å². The number of imide groups is 1. The summed E-state index contributed by atoms with van der Waals surface area (Å²) in [5, 5.41) is 14.5. The van der Waals surface area contributed by atoms with E-state index >= 15 is 0 Å². The van der Waals surface area contributed by atoms with Gasteiger partial charge in [-0.25, -0.2) is 0 Å². The molecule has 0 spiro atoms. The molecule has 0 fully saturated rings. The van der Waals surface area contributed by atoms with Crippen molar-refractivity contribution in [2.24, 2.45) is 0 Å².